The maximum absolute atomic E-state index is 10.5. The third kappa shape index (κ3) is 4.52. The van der Waals surface area contributed by atoms with Gasteiger partial charge in [0.1, 0.15) is 0 Å². The quantitative estimate of drug-likeness (QED) is 0.555. The Hall–Kier alpha value is -1.92. The molecule has 1 aromatic carbocycles. The van der Waals surface area contributed by atoms with Gasteiger partial charge < -0.3 is 15.1 Å². The minimum atomic E-state index is -0.447. The van der Waals surface area contributed by atoms with E-state index in [1.54, 1.807) is 29.3 Å². The van der Waals surface area contributed by atoms with E-state index < -0.39 is 4.92 Å². The molecule has 0 heterocycles. The summed E-state index contributed by atoms with van der Waals surface area (Å²) in [5.41, 5.74) is 0.871. The van der Waals surface area contributed by atoms with Gasteiger partial charge in [0.25, 0.3) is 5.69 Å². The van der Waals surface area contributed by atoms with Crippen molar-refractivity contribution in [3.8, 4) is 0 Å². The second-order valence-electron chi connectivity index (χ2n) is 3.65. The molecule has 0 atom stereocenters. The number of aliphatic hydroxyl groups is 2. The fraction of sp³-hybridized carbons (Fsp3) is 0.333. The van der Waals surface area contributed by atoms with Gasteiger partial charge in [-0.1, -0.05) is 0 Å². The maximum atomic E-state index is 10.5. The molecule has 0 saturated carbocycles. The molecule has 0 amide bonds. The third-order valence-electron chi connectivity index (χ3n) is 2.36. The Kier molecular flexibility index (Phi) is 5.83. The molecule has 0 spiro atoms. The first kappa shape index (κ1) is 14.1. The minimum absolute atomic E-state index is 0.00456. The van der Waals surface area contributed by atoms with Crippen LogP contribution in [0.15, 0.2) is 30.5 Å². The maximum Gasteiger partial charge on any atom is 0.269 e. The highest BCUT2D eigenvalue weighted by Gasteiger charge is 2.02. The summed E-state index contributed by atoms with van der Waals surface area (Å²) >= 11 is 0. The normalized spacial score (nSPS) is 10.8. The molecular formula is C12H16N2O4. The summed E-state index contributed by atoms with van der Waals surface area (Å²) in [4.78, 5) is 11.8. The van der Waals surface area contributed by atoms with Crippen LogP contribution >= 0.6 is 0 Å². The molecule has 2 N–H and O–H groups in total. The van der Waals surface area contributed by atoms with Gasteiger partial charge in [0.2, 0.25) is 0 Å². The zero-order valence-corrected chi connectivity index (χ0v) is 9.90. The Morgan fingerprint density at radius 2 is 1.72 bits per heavy atom. The highest BCUT2D eigenvalue weighted by Crippen LogP contribution is 2.13. The first-order valence-corrected chi connectivity index (χ1v) is 5.56. The van der Waals surface area contributed by atoms with Crippen LogP contribution < -0.4 is 0 Å². The van der Waals surface area contributed by atoms with E-state index >= 15 is 0 Å². The number of nitro groups is 1. The molecule has 6 nitrogen and oxygen atoms in total. The molecule has 1 aromatic rings. The molecule has 0 aliphatic rings. The van der Waals surface area contributed by atoms with E-state index in [4.69, 9.17) is 10.2 Å². The van der Waals surface area contributed by atoms with E-state index in [-0.39, 0.29) is 18.9 Å². The molecule has 0 aromatic heterocycles. The Bertz CT molecular complexity index is 397. The van der Waals surface area contributed by atoms with Crippen LogP contribution in [0.4, 0.5) is 5.69 Å². The largest absolute Gasteiger partial charge is 0.395 e. The van der Waals surface area contributed by atoms with E-state index in [2.05, 4.69) is 0 Å². The van der Waals surface area contributed by atoms with Crippen LogP contribution in [0.1, 0.15) is 5.56 Å². The van der Waals surface area contributed by atoms with Gasteiger partial charge >= 0.3 is 0 Å². The van der Waals surface area contributed by atoms with E-state index in [0.717, 1.165) is 5.56 Å². The number of nitro benzene ring substituents is 1. The highest BCUT2D eigenvalue weighted by atomic mass is 16.6. The van der Waals surface area contributed by atoms with Crippen molar-refractivity contribution < 1.29 is 15.1 Å². The summed E-state index contributed by atoms with van der Waals surface area (Å²) in [6.07, 6.45) is 3.52. The van der Waals surface area contributed by atoms with Gasteiger partial charge in [-0.25, -0.2) is 0 Å². The van der Waals surface area contributed by atoms with Gasteiger partial charge in [0.05, 0.1) is 18.1 Å². The van der Waals surface area contributed by atoms with Crippen LogP contribution in [0, 0.1) is 10.1 Å². The molecule has 6 heteroatoms. The van der Waals surface area contributed by atoms with E-state index in [9.17, 15) is 10.1 Å². The SMILES string of the molecule is O=[N+]([O-])c1ccc(C=CN(CCO)CCO)cc1. The number of nitrogens with zero attached hydrogens (tertiary/aromatic N) is 2. The molecule has 0 fully saturated rings. The molecule has 0 bridgehead atoms. The van der Waals surface area contributed by atoms with E-state index in [1.807, 2.05) is 0 Å². The van der Waals surface area contributed by atoms with Crippen molar-refractivity contribution in [1.29, 1.82) is 0 Å². The first-order chi connectivity index (χ1) is 8.67. The van der Waals surface area contributed by atoms with Gasteiger partial charge in [-0.3, -0.25) is 10.1 Å². The van der Waals surface area contributed by atoms with Crippen LogP contribution in [-0.4, -0.2) is 46.3 Å². The highest BCUT2D eigenvalue weighted by molar-refractivity contribution is 5.51. The molecule has 18 heavy (non-hydrogen) atoms. The first-order valence-electron chi connectivity index (χ1n) is 5.56. The van der Waals surface area contributed by atoms with Crippen molar-refractivity contribution >= 4 is 11.8 Å². The lowest BCUT2D eigenvalue weighted by atomic mass is 10.2. The topological polar surface area (TPSA) is 86.8 Å². The van der Waals surface area contributed by atoms with Crippen LogP contribution in [-0.2, 0) is 0 Å². The Balaban J connectivity index is 2.67. The molecular weight excluding hydrogens is 236 g/mol. The predicted molar refractivity (Wildman–Crippen MR) is 67.9 cm³/mol. The molecule has 0 saturated heterocycles. The molecule has 1 rings (SSSR count). The summed E-state index contributed by atoms with van der Waals surface area (Å²) in [7, 11) is 0. The molecule has 0 radical (unpaired) electrons. The number of non-ortho nitro benzene ring substituents is 1. The van der Waals surface area contributed by atoms with Crippen molar-refractivity contribution in [3.05, 3.63) is 46.1 Å². The number of aliphatic hydroxyl groups excluding tert-OH is 2. The van der Waals surface area contributed by atoms with Crippen molar-refractivity contribution in [1.82, 2.24) is 4.90 Å². The van der Waals surface area contributed by atoms with Crippen LogP contribution in [0.3, 0.4) is 0 Å². The van der Waals surface area contributed by atoms with E-state index in [1.165, 1.54) is 12.1 Å². The average molecular weight is 252 g/mol. The summed E-state index contributed by atoms with van der Waals surface area (Å²) in [6.45, 7) is 0.878. The monoisotopic (exact) mass is 252 g/mol. The van der Waals surface area contributed by atoms with Crippen molar-refractivity contribution in [3.63, 3.8) is 0 Å². The summed E-state index contributed by atoms with van der Waals surface area (Å²) in [6, 6.07) is 6.15. The standard InChI is InChI=1S/C12H16N2O4/c15-9-7-13(8-10-16)6-5-11-1-3-12(4-2-11)14(17)18/h1-6,15-16H,7-10H2. The minimum Gasteiger partial charge on any atom is -0.395 e. The molecule has 0 unspecified atom stereocenters. The van der Waals surface area contributed by atoms with E-state index in [0.29, 0.717) is 13.1 Å². The number of rotatable bonds is 7. The van der Waals surface area contributed by atoms with Crippen LogP contribution in [0.2, 0.25) is 0 Å². The summed E-state index contributed by atoms with van der Waals surface area (Å²) in [5, 5.41) is 28.1. The third-order valence-corrected chi connectivity index (χ3v) is 2.36. The zero-order chi connectivity index (χ0) is 13.4. The fourth-order valence-corrected chi connectivity index (χ4v) is 1.42. The van der Waals surface area contributed by atoms with Crippen molar-refractivity contribution in [2.24, 2.45) is 0 Å². The van der Waals surface area contributed by atoms with Crippen LogP contribution in [0.25, 0.3) is 6.08 Å². The zero-order valence-electron chi connectivity index (χ0n) is 9.90. The van der Waals surface area contributed by atoms with Gasteiger partial charge in [-0.05, 0) is 30.0 Å². The van der Waals surface area contributed by atoms with Crippen molar-refractivity contribution in [2.75, 3.05) is 26.3 Å². The van der Waals surface area contributed by atoms with Gasteiger partial charge in [-0.15, -0.1) is 0 Å². The Labute approximate surface area is 105 Å². The summed E-state index contributed by atoms with van der Waals surface area (Å²) in [5.74, 6) is 0. The molecule has 98 valence electrons. The van der Waals surface area contributed by atoms with Gasteiger partial charge in [0.15, 0.2) is 0 Å². The Morgan fingerprint density at radius 1 is 1.17 bits per heavy atom. The van der Waals surface area contributed by atoms with Crippen molar-refractivity contribution in [2.45, 2.75) is 0 Å². The van der Waals surface area contributed by atoms with Gasteiger partial charge in [0, 0.05) is 25.2 Å². The second-order valence-corrected chi connectivity index (χ2v) is 3.65. The second kappa shape index (κ2) is 7.41. The fourth-order valence-electron chi connectivity index (χ4n) is 1.42. The lowest BCUT2D eigenvalue weighted by molar-refractivity contribution is -0.384. The van der Waals surface area contributed by atoms with Crippen LogP contribution in [0.5, 0.6) is 0 Å². The lowest BCUT2D eigenvalue weighted by Crippen LogP contribution is -2.24. The smallest absolute Gasteiger partial charge is 0.269 e. The lowest BCUT2D eigenvalue weighted by Gasteiger charge is -2.17. The van der Waals surface area contributed by atoms with Gasteiger partial charge in [-0.2, -0.15) is 0 Å². The average Bonchev–Trinajstić information content (AvgIpc) is 2.37. The number of hydrogen-bond donors (Lipinski definition) is 2. The molecule has 0 aliphatic heterocycles. The number of hydrogen-bond acceptors (Lipinski definition) is 5. The number of benzene rings is 1. The summed E-state index contributed by atoms with van der Waals surface area (Å²) < 4.78 is 0. The predicted octanol–water partition coefficient (Wildman–Crippen LogP) is 0.852. The molecule has 0 aliphatic carbocycles. The Morgan fingerprint density at radius 3 is 2.17 bits per heavy atom.